The number of amides is 1. The Morgan fingerprint density at radius 2 is 1.90 bits per heavy atom. The summed E-state index contributed by atoms with van der Waals surface area (Å²) in [5, 5.41) is 5.99. The van der Waals surface area contributed by atoms with Gasteiger partial charge in [0.1, 0.15) is 5.82 Å². The molecule has 3 nitrogen and oxygen atoms in total. The van der Waals surface area contributed by atoms with E-state index in [1.807, 2.05) is 25.1 Å². The number of aryl methyl sites for hydroxylation is 1. The van der Waals surface area contributed by atoms with E-state index in [0.717, 1.165) is 24.2 Å². The number of para-hydroxylation sites is 1. The Balaban J connectivity index is 2.22. The van der Waals surface area contributed by atoms with Gasteiger partial charge in [-0.2, -0.15) is 0 Å². The lowest BCUT2D eigenvalue weighted by Gasteiger charge is -2.13. The van der Waals surface area contributed by atoms with Crippen LogP contribution in [0.25, 0.3) is 0 Å². The molecule has 0 aliphatic heterocycles. The molecule has 0 saturated carbocycles. The van der Waals surface area contributed by atoms with Gasteiger partial charge < -0.3 is 10.6 Å². The van der Waals surface area contributed by atoms with Crippen LogP contribution in [0.2, 0.25) is 0 Å². The Bertz CT molecular complexity index is 640. The smallest absolute Gasteiger partial charge is 0.257 e. The molecule has 0 heterocycles. The number of carbonyl (C=O) groups is 1. The summed E-state index contributed by atoms with van der Waals surface area (Å²) in [5.41, 5.74) is 2.65. The number of nitrogens with one attached hydrogen (secondary N) is 2. The van der Waals surface area contributed by atoms with Crippen LogP contribution in [0, 0.1) is 12.7 Å². The number of hydrogen-bond donors (Lipinski definition) is 2. The molecule has 2 aromatic carbocycles. The molecule has 2 N–H and O–H groups in total. The SMILES string of the molecule is CCCNc1ccccc1C(=O)Nc1cc(F)ccc1C. The molecule has 0 unspecified atom stereocenters. The van der Waals surface area contributed by atoms with E-state index >= 15 is 0 Å². The summed E-state index contributed by atoms with van der Waals surface area (Å²) >= 11 is 0. The summed E-state index contributed by atoms with van der Waals surface area (Å²) < 4.78 is 13.3. The van der Waals surface area contributed by atoms with E-state index in [9.17, 15) is 9.18 Å². The van der Waals surface area contributed by atoms with Crippen LogP contribution < -0.4 is 10.6 Å². The largest absolute Gasteiger partial charge is 0.384 e. The van der Waals surface area contributed by atoms with Crippen LogP contribution in [0.1, 0.15) is 29.3 Å². The van der Waals surface area contributed by atoms with Gasteiger partial charge in [0.2, 0.25) is 0 Å². The van der Waals surface area contributed by atoms with E-state index in [1.165, 1.54) is 12.1 Å². The van der Waals surface area contributed by atoms with Gasteiger partial charge in [-0.05, 0) is 43.2 Å². The Labute approximate surface area is 124 Å². The summed E-state index contributed by atoms with van der Waals surface area (Å²) in [6, 6.07) is 11.7. The van der Waals surface area contributed by atoms with E-state index in [2.05, 4.69) is 17.6 Å². The van der Waals surface area contributed by atoms with E-state index in [-0.39, 0.29) is 11.7 Å². The molecule has 0 aromatic heterocycles. The average Bonchev–Trinajstić information content (AvgIpc) is 2.49. The number of anilines is 2. The highest BCUT2D eigenvalue weighted by molar-refractivity contribution is 6.08. The average molecular weight is 286 g/mol. The fourth-order valence-corrected chi connectivity index (χ4v) is 2.01. The van der Waals surface area contributed by atoms with Gasteiger partial charge in [-0.25, -0.2) is 4.39 Å². The van der Waals surface area contributed by atoms with E-state index < -0.39 is 0 Å². The first kappa shape index (κ1) is 15.0. The van der Waals surface area contributed by atoms with Crippen LogP contribution in [0.3, 0.4) is 0 Å². The molecule has 1 amide bonds. The quantitative estimate of drug-likeness (QED) is 0.864. The molecule has 0 aliphatic rings. The predicted molar refractivity (Wildman–Crippen MR) is 84.3 cm³/mol. The van der Waals surface area contributed by atoms with Crippen molar-refractivity contribution in [3.63, 3.8) is 0 Å². The summed E-state index contributed by atoms with van der Waals surface area (Å²) in [7, 11) is 0. The second-order valence-corrected chi connectivity index (χ2v) is 4.89. The highest BCUT2D eigenvalue weighted by Gasteiger charge is 2.12. The normalized spacial score (nSPS) is 10.2. The highest BCUT2D eigenvalue weighted by atomic mass is 19.1. The first-order valence-corrected chi connectivity index (χ1v) is 7.02. The molecular formula is C17H19FN2O. The molecule has 0 saturated heterocycles. The summed E-state index contributed by atoms with van der Waals surface area (Å²) in [6.07, 6.45) is 0.971. The Hall–Kier alpha value is -2.36. The molecule has 2 rings (SSSR count). The number of benzene rings is 2. The second-order valence-electron chi connectivity index (χ2n) is 4.89. The zero-order valence-electron chi connectivity index (χ0n) is 12.2. The maximum absolute atomic E-state index is 13.3. The van der Waals surface area contributed by atoms with Crippen molar-refractivity contribution in [3.05, 3.63) is 59.4 Å². The fourth-order valence-electron chi connectivity index (χ4n) is 2.01. The molecule has 0 aliphatic carbocycles. The molecule has 110 valence electrons. The van der Waals surface area contributed by atoms with Gasteiger partial charge in [-0.1, -0.05) is 25.1 Å². The van der Waals surface area contributed by atoms with Crippen molar-refractivity contribution in [3.8, 4) is 0 Å². The van der Waals surface area contributed by atoms with Crippen LogP contribution >= 0.6 is 0 Å². The number of hydrogen-bond acceptors (Lipinski definition) is 2. The van der Waals surface area contributed by atoms with Gasteiger partial charge >= 0.3 is 0 Å². The third-order valence-electron chi connectivity index (χ3n) is 3.18. The fraction of sp³-hybridized carbons (Fsp3) is 0.235. The van der Waals surface area contributed by atoms with Gasteiger partial charge in [0, 0.05) is 17.9 Å². The van der Waals surface area contributed by atoms with Gasteiger partial charge in [0.25, 0.3) is 5.91 Å². The second kappa shape index (κ2) is 6.88. The van der Waals surface area contributed by atoms with Crippen molar-refractivity contribution in [2.75, 3.05) is 17.2 Å². The standard InChI is InChI=1S/C17H19FN2O/c1-3-10-19-15-7-5-4-6-14(15)17(21)20-16-11-13(18)9-8-12(16)2/h4-9,11,19H,3,10H2,1-2H3,(H,20,21). The topological polar surface area (TPSA) is 41.1 Å². The summed E-state index contributed by atoms with van der Waals surface area (Å²) in [4.78, 5) is 12.4. The molecule has 4 heteroatoms. The van der Waals surface area contributed by atoms with E-state index in [0.29, 0.717) is 11.3 Å². The maximum atomic E-state index is 13.3. The number of halogens is 1. The summed E-state index contributed by atoms with van der Waals surface area (Å²) in [5.74, 6) is -0.615. The Morgan fingerprint density at radius 3 is 2.67 bits per heavy atom. The van der Waals surface area contributed by atoms with E-state index in [4.69, 9.17) is 0 Å². The number of rotatable bonds is 5. The van der Waals surface area contributed by atoms with Gasteiger partial charge in [0.15, 0.2) is 0 Å². The first-order chi connectivity index (χ1) is 10.1. The Morgan fingerprint density at radius 1 is 1.14 bits per heavy atom. The van der Waals surface area contributed by atoms with Crippen LogP contribution in [-0.4, -0.2) is 12.5 Å². The zero-order valence-corrected chi connectivity index (χ0v) is 12.2. The molecule has 21 heavy (non-hydrogen) atoms. The van der Waals surface area contributed by atoms with Crippen molar-refractivity contribution in [1.29, 1.82) is 0 Å². The van der Waals surface area contributed by atoms with E-state index in [1.54, 1.807) is 12.1 Å². The van der Waals surface area contributed by atoms with Crippen molar-refractivity contribution in [2.24, 2.45) is 0 Å². The third kappa shape index (κ3) is 3.81. The van der Waals surface area contributed by atoms with Gasteiger partial charge in [-0.3, -0.25) is 4.79 Å². The predicted octanol–water partition coefficient (Wildman–Crippen LogP) is 4.21. The molecule has 0 fully saturated rings. The summed E-state index contributed by atoms with van der Waals surface area (Å²) in [6.45, 7) is 4.69. The van der Waals surface area contributed by atoms with Crippen LogP contribution in [-0.2, 0) is 0 Å². The lowest BCUT2D eigenvalue weighted by atomic mass is 10.1. The first-order valence-electron chi connectivity index (χ1n) is 7.02. The van der Waals surface area contributed by atoms with Crippen molar-refractivity contribution < 1.29 is 9.18 Å². The minimum Gasteiger partial charge on any atom is -0.384 e. The lowest BCUT2D eigenvalue weighted by molar-refractivity contribution is 0.102. The zero-order chi connectivity index (χ0) is 15.2. The van der Waals surface area contributed by atoms with Crippen molar-refractivity contribution in [2.45, 2.75) is 20.3 Å². The van der Waals surface area contributed by atoms with Crippen molar-refractivity contribution >= 4 is 17.3 Å². The third-order valence-corrected chi connectivity index (χ3v) is 3.18. The van der Waals surface area contributed by atoms with Crippen LogP contribution in [0.5, 0.6) is 0 Å². The molecular weight excluding hydrogens is 267 g/mol. The molecule has 0 atom stereocenters. The number of carbonyl (C=O) groups excluding carboxylic acids is 1. The minimum absolute atomic E-state index is 0.247. The van der Waals surface area contributed by atoms with Gasteiger partial charge in [0.05, 0.1) is 5.56 Å². The van der Waals surface area contributed by atoms with Gasteiger partial charge in [-0.15, -0.1) is 0 Å². The minimum atomic E-state index is -0.367. The molecule has 0 spiro atoms. The Kier molecular flexibility index (Phi) is 4.93. The van der Waals surface area contributed by atoms with Crippen LogP contribution in [0.4, 0.5) is 15.8 Å². The molecule has 2 aromatic rings. The monoisotopic (exact) mass is 286 g/mol. The highest BCUT2D eigenvalue weighted by Crippen LogP contribution is 2.20. The molecule has 0 radical (unpaired) electrons. The van der Waals surface area contributed by atoms with Crippen LogP contribution in [0.15, 0.2) is 42.5 Å². The lowest BCUT2D eigenvalue weighted by Crippen LogP contribution is -2.15. The molecule has 0 bridgehead atoms. The maximum Gasteiger partial charge on any atom is 0.257 e. The van der Waals surface area contributed by atoms with Crippen molar-refractivity contribution in [1.82, 2.24) is 0 Å².